The summed E-state index contributed by atoms with van der Waals surface area (Å²) in [7, 11) is 0. The monoisotopic (exact) mass is 251 g/mol. The minimum atomic E-state index is 0.732. The number of hydrogen-bond acceptors (Lipinski definition) is 2. The van der Waals surface area contributed by atoms with Crippen molar-refractivity contribution < 1.29 is 0 Å². The van der Waals surface area contributed by atoms with Gasteiger partial charge in [0.25, 0.3) is 0 Å². The zero-order valence-corrected chi connectivity index (χ0v) is 11.0. The normalized spacial score (nSPS) is 11.0. The molecule has 0 fully saturated rings. The fourth-order valence-corrected chi connectivity index (χ4v) is 2.35. The van der Waals surface area contributed by atoms with Crippen LogP contribution < -0.4 is 5.73 Å². The van der Waals surface area contributed by atoms with E-state index in [2.05, 4.69) is 41.2 Å². The Morgan fingerprint density at radius 3 is 2.74 bits per heavy atom. The van der Waals surface area contributed by atoms with E-state index in [0.29, 0.717) is 0 Å². The van der Waals surface area contributed by atoms with Crippen molar-refractivity contribution in [2.45, 2.75) is 19.8 Å². The molecule has 0 radical (unpaired) electrons. The van der Waals surface area contributed by atoms with Gasteiger partial charge in [-0.2, -0.15) is 0 Å². The van der Waals surface area contributed by atoms with E-state index in [0.717, 1.165) is 35.4 Å². The molecule has 0 saturated carbocycles. The lowest BCUT2D eigenvalue weighted by molar-refractivity contribution is 0.889. The summed E-state index contributed by atoms with van der Waals surface area (Å²) in [4.78, 5) is 7.90. The predicted octanol–water partition coefficient (Wildman–Crippen LogP) is 3.24. The van der Waals surface area contributed by atoms with Crippen molar-refractivity contribution in [2.24, 2.45) is 0 Å². The van der Waals surface area contributed by atoms with Crippen molar-refractivity contribution in [3.8, 4) is 0 Å². The minimum absolute atomic E-state index is 0.732. The Morgan fingerprint density at radius 2 is 1.95 bits per heavy atom. The number of aryl methyl sites for hydroxylation is 3. The summed E-state index contributed by atoms with van der Waals surface area (Å²) in [5, 5.41) is 0. The van der Waals surface area contributed by atoms with Crippen LogP contribution in [0, 0.1) is 6.92 Å². The van der Waals surface area contributed by atoms with Crippen molar-refractivity contribution >= 4 is 16.7 Å². The second-order valence-electron chi connectivity index (χ2n) is 4.92. The van der Waals surface area contributed by atoms with E-state index in [1.54, 1.807) is 0 Å². The molecule has 2 aromatic carbocycles. The molecule has 96 valence electrons. The number of para-hydroxylation sites is 1. The number of H-pyrrole nitrogens is 1. The summed E-state index contributed by atoms with van der Waals surface area (Å²) in [6, 6.07) is 14.4. The number of hydrogen-bond donors (Lipinski definition) is 2. The van der Waals surface area contributed by atoms with Gasteiger partial charge in [0.2, 0.25) is 0 Å². The standard InChI is InChI=1S/C16H17N3/c1-11-4-2-5-12(10-11)8-9-15-18-14-7-3-6-13(17)16(14)19-15/h2-7,10H,8-9,17H2,1H3,(H,18,19). The van der Waals surface area contributed by atoms with E-state index >= 15 is 0 Å². The number of nitrogens with zero attached hydrogens (tertiary/aromatic N) is 1. The quantitative estimate of drug-likeness (QED) is 0.702. The first-order valence-corrected chi connectivity index (χ1v) is 6.51. The van der Waals surface area contributed by atoms with E-state index in [-0.39, 0.29) is 0 Å². The third-order valence-corrected chi connectivity index (χ3v) is 3.33. The average molecular weight is 251 g/mol. The van der Waals surface area contributed by atoms with Crippen LogP contribution in [0.1, 0.15) is 17.0 Å². The van der Waals surface area contributed by atoms with Crippen LogP contribution in [0.5, 0.6) is 0 Å². The maximum Gasteiger partial charge on any atom is 0.111 e. The van der Waals surface area contributed by atoms with E-state index in [1.165, 1.54) is 11.1 Å². The van der Waals surface area contributed by atoms with Crippen LogP contribution in [0.3, 0.4) is 0 Å². The van der Waals surface area contributed by atoms with Gasteiger partial charge in [-0.1, -0.05) is 35.9 Å². The maximum absolute atomic E-state index is 5.91. The molecule has 0 atom stereocenters. The average Bonchev–Trinajstić information content (AvgIpc) is 2.81. The first-order chi connectivity index (χ1) is 9.22. The lowest BCUT2D eigenvalue weighted by Crippen LogP contribution is -1.93. The van der Waals surface area contributed by atoms with Crippen molar-refractivity contribution in [1.29, 1.82) is 0 Å². The van der Waals surface area contributed by atoms with Crippen LogP contribution in [-0.4, -0.2) is 9.97 Å². The Bertz CT molecular complexity index is 713. The van der Waals surface area contributed by atoms with Gasteiger partial charge in [-0.15, -0.1) is 0 Å². The van der Waals surface area contributed by atoms with Gasteiger partial charge in [0.05, 0.1) is 11.2 Å². The third-order valence-electron chi connectivity index (χ3n) is 3.33. The van der Waals surface area contributed by atoms with Gasteiger partial charge < -0.3 is 10.7 Å². The molecule has 0 aliphatic carbocycles. The zero-order valence-electron chi connectivity index (χ0n) is 11.0. The molecule has 1 heterocycles. The number of nitrogens with two attached hydrogens (primary N) is 1. The summed E-state index contributed by atoms with van der Waals surface area (Å²) in [6.07, 6.45) is 1.89. The molecule has 0 saturated heterocycles. The maximum atomic E-state index is 5.91. The third kappa shape index (κ3) is 2.45. The van der Waals surface area contributed by atoms with E-state index in [1.807, 2.05) is 18.2 Å². The largest absolute Gasteiger partial charge is 0.397 e. The van der Waals surface area contributed by atoms with Crippen molar-refractivity contribution in [2.75, 3.05) is 5.73 Å². The predicted molar refractivity (Wildman–Crippen MR) is 79.1 cm³/mol. The number of aromatic nitrogens is 2. The Kier molecular flexibility index (Phi) is 2.95. The zero-order chi connectivity index (χ0) is 13.2. The number of anilines is 1. The van der Waals surface area contributed by atoms with Crippen LogP contribution in [0.4, 0.5) is 5.69 Å². The van der Waals surface area contributed by atoms with Gasteiger partial charge in [-0.25, -0.2) is 4.98 Å². The second-order valence-corrected chi connectivity index (χ2v) is 4.92. The SMILES string of the molecule is Cc1cccc(CCc2nc3c(N)cccc3[nH]2)c1. The summed E-state index contributed by atoms with van der Waals surface area (Å²) in [6.45, 7) is 2.12. The fraction of sp³-hybridized carbons (Fsp3) is 0.188. The van der Waals surface area contributed by atoms with E-state index < -0.39 is 0 Å². The molecule has 19 heavy (non-hydrogen) atoms. The first kappa shape index (κ1) is 11.8. The highest BCUT2D eigenvalue weighted by atomic mass is 14.9. The molecule has 0 amide bonds. The summed E-state index contributed by atoms with van der Waals surface area (Å²) < 4.78 is 0. The highest BCUT2D eigenvalue weighted by Crippen LogP contribution is 2.18. The van der Waals surface area contributed by atoms with Crippen LogP contribution in [0.2, 0.25) is 0 Å². The van der Waals surface area contributed by atoms with Crippen LogP contribution in [0.25, 0.3) is 11.0 Å². The highest BCUT2D eigenvalue weighted by molar-refractivity contribution is 5.86. The molecule has 3 heteroatoms. The molecule has 0 bridgehead atoms. The molecule has 3 nitrogen and oxygen atoms in total. The van der Waals surface area contributed by atoms with Crippen LogP contribution in [0.15, 0.2) is 42.5 Å². The Morgan fingerprint density at radius 1 is 1.11 bits per heavy atom. The highest BCUT2D eigenvalue weighted by Gasteiger charge is 2.05. The first-order valence-electron chi connectivity index (χ1n) is 6.51. The summed E-state index contributed by atoms with van der Waals surface area (Å²) in [5.41, 5.74) is 11.2. The molecule has 0 aliphatic rings. The summed E-state index contributed by atoms with van der Waals surface area (Å²) in [5.74, 6) is 0.995. The van der Waals surface area contributed by atoms with Crippen LogP contribution >= 0.6 is 0 Å². The minimum Gasteiger partial charge on any atom is -0.397 e. The van der Waals surface area contributed by atoms with Crippen molar-refractivity contribution in [1.82, 2.24) is 9.97 Å². The molecule has 0 unspecified atom stereocenters. The Labute approximate surface area is 112 Å². The fourth-order valence-electron chi connectivity index (χ4n) is 2.35. The smallest absolute Gasteiger partial charge is 0.111 e. The lowest BCUT2D eigenvalue weighted by Gasteiger charge is -2.00. The van der Waals surface area contributed by atoms with E-state index in [4.69, 9.17) is 5.73 Å². The topological polar surface area (TPSA) is 54.7 Å². The molecule has 3 N–H and O–H groups in total. The lowest BCUT2D eigenvalue weighted by atomic mass is 10.1. The van der Waals surface area contributed by atoms with Gasteiger partial charge in [-0.3, -0.25) is 0 Å². The second kappa shape index (κ2) is 4.76. The van der Waals surface area contributed by atoms with Gasteiger partial charge in [0.15, 0.2) is 0 Å². The van der Waals surface area contributed by atoms with Gasteiger partial charge in [-0.05, 0) is 31.0 Å². The number of nitrogens with one attached hydrogen (secondary N) is 1. The van der Waals surface area contributed by atoms with E-state index in [9.17, 15) is 0 Å². The molecule has 3 rings (SSSR count). The molecule has 0 spiro atoms. The van der Waals surface area contributed by atoms with Gasteiger partial charge >= 0.3 is 0 Å². The van der Waals surface area contributed by atoms with Gasteiger partial charge in [0.1, 0.15) is 11.3 Å². The summed E-state index contributed by atoms with van der Waals surface area (Å²) >= 11 is 0. The van der Waals surface area contributed by atoms with Gasteiger partial charge in [0, 0.05) is 6.42 Å². The number of rotatable bonds is 3. The number of nitrogen functional groups attached to an aromatic ring is 1. The number of fused-ring (bicyclic) bond motifs is 1. The molecule has 0 aliphatic heterocycles. The molecular formula is C16H17N3. The molecular weight excluding hydrogens is 234 g/mol. The Balaban J connectivity index is 1.80. The van der Waals surface area contributed by atoms with Crippen molar-refractivity contribution in [3.63, 3.8) is 0 Å². The molecule has 1 aromatic heterocycles. The number of imidazole rings is 1. The van der Waals surface area contributed by atoms with Crippen LogP contribution in [-0.2, 0) is 12.8 Å². The number of benzene rings is 2. The number of aromatic amines is 1. The molecule has 3 aromatic rings. The van der Waals surface area contributed by atoms with Crippen molar-refractivity contribution in [3.05, 3.63) is 59.4 Å². The Hall–Kier alpha value is -2.29.